The van der Waals surface area contributed by atoms with Gasteiger partial charge in [-0.3, -0.25) is 10.1 Å². The summed E-state index contributed by atoms with van der Waals surface area (Å²) in [5.74, 6) is 0.741. The number of para-hydroxylation sites is 1. The molecular weight excluding hydrogens is 281 g/mol. The Labute approximate surface area is 119 Å². The summed E-state index contributed by atoms with van der Waals surface area (Å²) in [5, 5.41) is 10.5. The van der Waals surface area contributed by atoms with Crippen LogP contribution in [0, 0.1) is 15.9 Å². The van der Waals surface area contributed by atoms with Gasteiger partial charge in [0.1, 0.15) is 11.6 Å². The fourth-order valence-electron chi connectivity index (χ4n) is 1.55. The van der Waals surface area contributed by atoms with Crippen molar-refractivity contribution in [1.82, 2.24) is 0 Å². The average molecular weight is 293 g/mol. The summed E-state index contributed by atoms with van der Waals surface area (Å²) >= 11 is 1.26. The van der Waals surface area contributed by atoms with Crippen LogP contribution in [0.4, 0.5) is 10.1 Å². The molecule has 0 bridgehead atoms. The van der Waals surface area contributed by atoms with Crippen molar-refractivity contribution in [2.75, 3.05) is 12.4 Å². The van der Waals surface area contributed by atoms with Crippen molar-refractivity contribution < 1.29 is 14.1 Å². The molecule has 0 aliphatic heterocycles. The molecule has 0 spiro atoms. The van der Waals surface area contributed by atoms with E-state index in [0.717, 1.165) is 11.8 Å². The predicted molar refractivity (Wildman–Crippen MR) is 75.7 cm³/mol. The van der Waals surface area contributed by atoms with E-state index in [1.165, 1.54) is 23.9 Å². The van der Waals surface area contributed by atoms with Crippen LogP contribution in [0.5, 0.6) is 5.75 Å². The van der Waals surface area contributed by atoms with Gasteiger partial charge in [-0.15, -0.1) is 11.8 Å². The number of rotatable bonds is 6. The number of halogens is 1. The molecule has 0 N–H and O–H groups in total. The van der Waals surface area contributed by atoms with Gasteiger partial charge in [-0.2, -0.15) is 0 Å². The van der Waals surface area contributed by atoms with Gasteiger partial charge in [-0.05, 0) is 18.2 Å². The first-order chi connectivity index (χ1) is 9.66. The number of nitro benzene ring substituents is 1. The summed E-state index contributed by atoms with van der Waals surface area (Å²) in [6.07, 6.45) is 0. The fraction of sp³-hybridized carbons (Fsp3) is 0.143. The molecule has 104 valence electrons. The average Bonchev–Trinajstić information content (AvgIpc) is 2.46. The SMILES string of the molecule is O=[N+]([O-])c1ccc(SCCOc2ccccc2)c(F)c1. The van der Waals surface area contributed by atoms with Crippen LogP contribution in [-0.4, -0.2) is 17.3 Å². The Balaban J connectivity index is 1.84. The fourth-order valence-corrected chi connectivity index (χ4v) is 2.30. The zero-order valence-corrected chi connectivity index (χ0v) is 11.3. The molecule has 0 saturated heterocycles. The summed E-state index contributed by atoms with van der Waals surface area (Å²) in [4.78, 5) is 10.3. The van der Waals surface area contributed by atoms with Crippen molar-refractivity contribution in [2.45, 2.75) is 4.90 Å². The molecule has 0 aliphatic rings. The van der Waals surface area contributed by atoms with Crippen LogP contribution >= 0.6 is 11.8 Å². The Morgan fingerprint density at radius 3 is 2.60 bits per heavy atom. The number of non-ortho nitro benzene ring substituents is 1. The van der Waals surface area contributed by atoms with Crippen molar-refractivity contribution in [3.8, 4) is 5.75 Å². The topological polar surface area (TPSA) is 52.4 Å². The minimum absolute atomic E-state index is 0.243. The maximum Gasteiger partial charge on any atom is 0.272 e. The summed E-state index contributed by atoms with van der Waals surface area (Å²) in [7, 11) is 0. The van der Waals surface area contributed by atoms with Gasteiger partial charge in [0.2, 0.25) is 0 Å². The molecule has 4 nitrogen and oxygen atoms in total. The number of benzene rings is 2. The van der Waals surface area contributed by atoms with E-state index in [-0.39, 0.29) is 5.69 Å². The van der Waals surface area contributed by atoms with Gasteiger partial charge >= 0.3 is 0 Å². The van der Waals surface area contributed by atoms with E-state index in [0.29, 0.717) is 17.3 Å². The van der Waals surface area contributed by atoms with E-state index >= 15 is 0 Å². The summed E-state index contributed by atoms with van der Waals surface area (Å²) in [5.41, 5.74) is -0.243. The Bertz CT molecular complexity index is 592. The van der Waals surface area contributed by atoms with E-state index in [4.69, 9.17) is 4.74 Å². The minimum atomic E-state index is -0.615. The number of nitrogens with zero attached hydrogens (tertiary/aromatic N) is 1. The zero-order chi connectivity index (χ0) is 14.4. The first-order valence-corrected chi connectivity index (χ1v) is 6.90. The lowest BCUT2D eigenvalue weighted by atomic mass is 10.3. The van der Waals surface area contributed by atoms with Crippen molar-refractivity contribution in [3.05, 3.63) is 64.5 Å². The molecule has 0 saturated carbocycles. The molecule has 0 amide bonds. The smallest absolute Gasteiger partial charge is 0.272 e. The highest BCUT2D eigenvalue weighted by atomic mass is 32.2. The van der Waals surface area contributed by atoms with Gasteiger partial charge in [-0.25, -0.2) is 4.39 Å². The van der Waals surface area contributed by atoms with E-state index < -0.39 is 10.7 Å². The lowest BCUT2D eigenvalue weighted by Crippen LogP contribution is -2.00. The summed E-state index contributed by atoms with van der Waals surface area (Å²) in [6.45, 7) is 0.436. The van der Waals surface area contributed by atoms with Crippen molar-refractivity contribution in [3.63, 3.8) is 0 Å². The largest absolute Gasteiger partial charge is 0.493 e. The van der Waals surface area contributed by atoms with Crippen LogP contribution in [0.1, 0.15) is 0 Å². The molecule has 0 radical (unpaired) electrons. The summed E-state index contributed by atoms with van der Waals surface area (Å²) in [6, 6.07) is 13.0. The third-order valence-corrected chi connectivity index (χ3v) is 3.49. The van der Waals surface area contributed by atoms with E-state index in [1.807, 2.05) is 30.3 Å². The van der Waals surface area contributed by atoms with E-state index in [9.17, 15) is 14.5 Å². The first-order valence-electron chi connectivity index (χ1n) is 5.91. The highest BCUT2D eigenvalue weighted by Crippen LogP contribution is 2.25. The normalized spacial score (nSPS) is 10.2. The lowest BCUT2D eigenvalue weighted by molar-refractivity contribution is -0.385. The lowest BCUT2D eigenvalue weighted by Gasteiger charge is -2.06. The number of ether oxygens (including phenoxy) is 1. The molecule has 6 heteroatoms. The highest BCUT2D eigenvalue weighted by molar-refractivity contribution is 7.99. The maximum absolute atomic E-state index is 13.6. The van der Waals surface area contributed by atoms with Crippen LogP contribution in [0.2, 0.25) is 0 Å². The second-order valence-electron chi connectivity index (χ2n) is 3.88. The Morgan fingerprint density at radius 2 is 1.95 bits per heavy atom. The third-order valence-electron chi connectivity index (χ3n) is 2.48. The molecule has 0 aliphatic carbocycles. The van der Waals surface area contributed by atoms with Crippen LogP contribution in [0.3, 0.4) is 0 Å². The highest BCUT2D eigenvalue weighted by Gasteiger charge is 2.10. The van der Waals surface area contributed by atoms with Gasteiger partial charge in [0.15, 0.2) is 0 Å². The molecule has 0 heterocycles. The zero-order valence-electron chi connectivity index (χ0n) is 10.5. The Morgan fingerprint density at radius 1 is 1.20 bits per heavy atom. The van der Waals surface area contributed by atoms with Gasteiger partial charge in [-0.1, -0.05) is 18.2 Å². The molecule has 2 aromatic rings. The van der Waals surface area contributed by atoms with Crippen molar-refractivity contribution in [1.29, 1.82) is 0 Å². The Kier molecular flexibility index (Phi) is 4.95. The number of hydrogen-bond acceptors (Lipinski definition) is 4. The van der Waals surface area contributed by atoms with Crippen molar-refractivity contribution >= 4 is 17.4 Å². The van der Waals surface area contributed by atoms with E-state index in [2.05, 4.69) is 0 Å². The summed E-state index contributed by atoms with van der Waals surface area (Å²) < 4.78 is 19.1. The van der Waals surface area contributed by atoms with Gasteiger partial charge in [0.25, 0.3) is 5.69 Å². The van der Waals surface area contributed by atoms with Gasteiger partial charge in [0.05, 0.1) is 17.6 Å². The van der Waals surface area contributed by atoms with E-state index in [1.54, 1.807) is 0 Å². The minimum Gasteiger partial charge on any atom is -0.493 e. The number of thioether (sulfide) groups is 1. The van der Waals surface area contributed by atoms with Crippen LogP contribution in [-0.2, 0) is 0 Å². The number of hydrogen-bond donors (Lipinski definition) is 0. The standard InChI is InChI=1S/C14H12FNO3S/c15-13-10-11(16(17)18)6-7-14(13)20-9-8-19-12-4-2-1-3-5-12/h1-7,10H,8-9H2. The molecular formula is C14H12FNO3S. The molecule has 2 rings (SSSR count). The molecule has 0 unspecified atom stereocenters. The predicted octanol–water partition coefficient (Wildman–Crippen LogP) is 3.91. The second-order valence-corrected chi connectivity index (χ2v) is 5.02. The van der Waals surface area contributed by atoms with Crippen LogP contribution in [0.15, 0.2) is 53.4 Å². The third kappa shape index (κ3) is 3.96. The van der Waals surface area contributed by atoms with Crippen LogP contribution in [0.25, 0.3) is 0 Å². The molecule has 20 heavy (non-hydrogen) atoms. The molecule has 0 atom stereocenters. The molecule has 2 aromatic carbocycles. The van der Waals surface area contributed by atoms with Gasteiger partial charge < -0.3 is 4.74 Å². The maximum atomic E-state index is 13.6. The second kappa shape index (κ2) is 6.91. The van der Waals surface area contributed by atoms with Crippen molar-refractivity contribution in [2.24, 2.45) is 0 Å². The quantitative estimate of drug-likeness (QED) is 0.351. The number of nitro groups is 1. The van der Waals surface area contributed by atoms with Crippen LogP contribution < -0.4 is 4.74 Å². The van der Waals surface area contributed by atoms with Gasteiger partial charge in [0, 0.05) is 16.7 Å². The first kappa shape index (κ1) is 14.3. The monoisotopic (exact) mass is 293 g/mol. The molecule has 0 fully saturated rings. The Hall–Kier alpha value is -2.08. The molecule has 0 aromatic heterocycles.